The van der Waals surface area contributed by atoms with Gasteiger partial charge in [0.2, 0.25) is 0 Å². The lowest BCUT2D eigenvalue weighted by Crippen LogP contribution is -2.49. The molecular formula is C19H21N3O3. The molecule has 0 unspecified atom stereocenters. The number of piperazine rings is 1. The van der Waals surface area contributed by atoms with Gasteiger partial charge in [0.25, 0.3) is 11.6 Å². The van der Waals surface area contributed by atoms with Crippen LogP contribution in [0.4, 0.5) is 5.69 Å². The molecule has 6 heteroatoms. The largest absolute Gasteiger partial charge is 0.336 e. The first-order chi connectivity index (χ1) is 12.1. The quantitative estimate of drug-likeness (QED) is 0.634. The maximum absolute atomic E-state index is 12.5. The monoisotopic (exact) mass is 339 g/mol. The van der Waals surface area contributed by atoms with Crippen molar-refractivity contribution in [2.75, 3.05) is 26.2 Å². The number of rotatable bonds is 4. The van der Waals surface area contributed by atoms with Crippen molar-refractivity contribution in [3.63, 3.8) is 0 Å². The first-order valence-corrected chi connectivity index (χ1v) is 8.39. The molecule has 25 heavy (non-hydrogen) atoms. The van der Waals surface area contributed by atoms with Gasteiger partial charge in [-0.2, -0.15) is 0 Å². The van der Waals surface area contributed by atoms with Crippen LogP contribution in [-0.4, -0.2) is 46.8 Å². The highest BCUT2D eigenvalue weighted by Gasteiger charge is 2.25. The standard InChI is InChI=1S/C19H21N3O3/c1-15(17-8-5-9-18(14-17)22(24)25)20-10-12-21(13-11-20)19(23)16-6-3-2-4-7-16/h2-9,14-15H,10-13H2,1H3/t15-/m0/s1. The second-order valence-corrected chi connectivity index (χ2v) is 6.22. The van der Waals surface area contributed by atoms with Crippen LogP contribution in [0.3, 0.4) is 0 Å². The Hall–Kier alpha value is -2.73. The Labute approximate surface area is 146 Å². The Bertz CT molecular complexity index is 756. The van der Waals surface area contributed by atoms with Gasteiger partial charge in [-0.1, -0.05) is 30.3 Å². The van der Waals surface area contributed by atoms with E-state index in [1.165, 1.54) is 6.07 Å². The van der Waals surface area contributed by atoms with Crippen molar-refractivity contribution in [3.8, 4) is 0 Å². The van der Waals surface area contributed by atoms with Crippen molar-refractivity contribution in [3.05, 3.63) is 75.8 Å². The van der Waals surface area contributed by atoms with E-state index in [1.807, 2.05) is 48.2 Å². The van der Waals surface area contributed by atoms with E-state index in [9.17, 15) is 14.9 Å². The van der Waals surface area contributed by atoms with Gasteiger partial charge in [0.1, 0.15) is 0 Å². The second kappa shape index (κ2) is 7.44. The lowest BCUT2D eigenvalue weighted by molar-refractivity contribution is -0.385. The zero-order chi connectivity index (χ0) is 17.8. The Balaban J connectivity index is 1.63. The van der Waals surface area contributed by atoms with Crippen LogP contribution in [0.2, 0.25) is 0 Å². The molecule has 0 aromatic heterocycles. The Morgan fingerprint density at radius 2 is 1.72 bits per heavy atom. The zero-order valence-electron chi connectivity index (χ0n) is 14.2. The number of nitrogens with zero attached hydrogens (tertiary/aromatic N) is 3. The summed E-state index contributed by atoms with van der Waals surface area (Å²) < 4.78 is 0. The number of non-ortho nitro benzene ring substituents is 1. The molecule has 1 heterocycles. The first kappa shape index (κ1) is 17.1. The predicted octanol–water partition coefficient (Wildman–Crippen LogP) is 3.11. The van der Waals surface area contributed by atoms with Gasteiger partial charge in [-0.15, -0.1) is 0 Å². The van der Waals surface area contributed by atoms with E-state index in [4.69, 9.17) is 0 Å². The van der Waals surface area contributed by atoms with E-state index in [0.717, 1.165) is 18.7 Å². The Morgan fingerprint density at radius 1 is 1.04 bits per heavy atom. The van der Waals surface area contributed by atoms with Crippen LogP contribution in [0.1, 0.15) is 28.9 Å². The molecule has 1 atom stereocenters. The molecule has 1 aliphatic rings. The van der Waals surface area contributed by atoms with Gasteiger partial charge in [0, 0.05) is 49.9 Å². The van der Waals surface area contributed by atoms with Crippen molar-refractivity contribution in [1.29, 1.82) is 0 Å². The number of hydrogen-bond donors (Lipinski definition) is 0. The van der Waals surface area contributed by atoms with E-state index in [2.05, 4.69) is 4.90 Å². The summed E-state index contributed by atoms with van der Waals surface area (Å²) in [5, 5.41) is 11.0. The third-order valence-electron chi connectivity index (χ3n) is 4.73. The minimum absolute atomic E-state index is 0.0586. The lowest BCUT2D eigenvalue weighted by Gasteiger charge is -2.38. The molecule has 1 amide bonds. The number of nitro benzene ring substituents is 1. The molecule has 6 nitrogen and oxygen atoms in total. The van der Waals surface area contributed by atoms with Gasteiger partial charge >= 0.3 is 0 Å². The summed E-state index contributed by atoms with van der Waals surface area (Å²) in [5.41, 5.74) is 1.75. The van der Waals surface area contributed by atoms with Crippen molar-refractivity contribution >= 4 is 11.6 Å². The number of amides is 1. The van der Waals surface area contributed by atoms with E-state index in [-0.39, 0.29) is 22.6 Å². The van der Waals surface area contributed by atoms with Gasteiger partial charge in [-0.05, 0) is 24.6 Å². The fourth-order valence-electron chi connectivity index (χ4n) is 3.18. The van der Waals surface area contributed by atoms with Crippen LogP contribution in [0.5, 0.6) is 0 Å². The molecule has 0 aliphatic carbocycles. The van der Waals surface area contributed by atoms with E-state index >= 15 is 0 Å². The van der Waals surface area contributed by atoms with Gasteiger partial charge < -0.3 is 4.90 Å². The molecule has 0 spiro atoms. The molecule has 1 fully saturated rings. The minimum Gasteiger partial charge on any atom is -0.336 e. The van der Waals surface area contributed by atoms with Crippen molar-refractivity contribution in [2.45, 2.75) is 13.0 Å². The molecule has 3 rings (SSSR count). The number of benzene rings is 2. The van der Waals surface area contributed by atoms with E-state index in [1.54, 1.807) is 12.1 Å². The molecule has 0 radical (unpaired) electrons. The van der Waals surface area contributed by atoms with Crippen LogP contribution in [0, 0.1) is 10.1 Å². The molecule has 0 N–H and O–H groups in total. The van der Waals surface area contributed by atoms with E-state index < -0.39 is 0 Å². The molecule has 2 aromatic rings. The van der Waals surface area contributed by atoms with Crippen molar-refractivity contribution in [1.82, 2.24) is 9.80 Å². The summed E-state index contributed by atoms with van der Waals surface area (Å²) in [6.07, 6.45) is 0. The predicted molar refractivity (Wildman–Crippen MR) is 95.4 cm³/mol. The highest BCUT2D eigenvalue weighted by molar-refractivity contribution is 5.94. The number of nitro groups is 1. The fourth-order valence-corrected chi connectivity index (χ4v) is 3.18. The molecule has 0 saturated carbocycles. The third kappa shape index (κ3) is 3.85. The van der Waals surface area contributed by atoms with Gasteiger partial charge in [-0.25, -0.2) is 0 Å². The Morgan fingerprint density at radius 3 is 2.36 bits per heavy atom. The van der Waals surface area contributed by atoms with Crippen LogP contribution >= 0.6 is 0 Å². The van der Waals surface area contributed by atoms with Crippen molar-refractivity contribution < 1.29 is 9.72 Å². The average molecular weight is 339 g/mol. The molecule has 1 aliphatic heterocycles. The molecule has 2 aromatic carbocycles. The normalized spacial score (nSPS) is 16.4. The summed E-state index contributed by atoms with van der Waals surface area (Å²) in [6.45, 7) is 4.87. The summed E-state index contributed by atoms with van der Waals surface area (Å²) in [6, 6.07) is 16.2. The number of hydrogen-bond acceptors (Lipinski definition) is 4. The molecule has 0 bridgehead atoms. The SMILES string of the molecule is C[C@@H](c1cccc([N+](=O)[O-])c1)N1CCN(C(=O)c2ccccc2)CC1. The number of carbonyl (C=O) groups is 1. The second-order valence-electron chi connectivity index (χ2n) is 6.22. The topological polar surface area (TPSA) is 66.7 Å². The summed E-state index contributed by atoms with van der Waals surface area (Å²) in [7, 11) is 0. The maximum Gasteiger partial charge on any atom is 0.269 e. The van der Waals surface area contributed by atoms with Crippen LogP contribution in [0.25, 0.3) is 0 Å². The zero-order valence-corrected chi connectivity index (χ0v) is 14.2. The Kier molecular flexibility index (Phi) is 5.09. The molecule has 1 saturated heterocycles. The molecular weight excluding hydrogens is 318 g/mol. The minimum atomic E-state index is -0.368. The highest BCUT2D eigenvalue weighted by atomic mass is 16.6. The third-order valence-corrected chi connectivity index (χ3v) is 4.73. The fraction of sp³-hybridized carbons (Fsp3) is 0.316. The first-order valence-electron chi connectivity index (χ1n) is 8.39. The highest BCUT2D eigenvalue weighted by Crippen LogP contribution is 2.25. The van der Waals surface area contributed by atoms with Gasteiger partial charge in [0.15, 0.2) is 0 Å². The summed E-state index contributed by atoms with van der Waals surface area (Å²) in [4.78, 5) is 27.2. The van der Waals surface area contributed by atoms with Crippen LogP contribution < -0.4 is 0 Å². The molecule has 130 valence electrons. The van der Waals surface area contributed by atoms with Gasteiger partial charge in [-0.3, -0.25) is 19.8 Å². The van der Waals surface area contributed by atoms with E-state index in [0.29, 0.717) is 18.7 Å². The van der Waals surface area contributed by atoms with Gasteiger partial charge in [0.05, 0.1) is 4.92 Å². The van der Waals surface area contributed by atoms with Crippen molar-refractivity contribution in [2.24, 2.45) is 0 Å². The lowest BCUT2D eigenvalue weighted by atomic mass is 10.1. The summed E-state index contributed by atoms with van der Waals surface area (Å²) >= 11 is 0. The average Bonchev–Trinajstić information content (AvgIpc) is 2.67. The number of carbonyl (C=O) groups excluding carboxylic acids is 1. The smallest absolute Gasteiger partial charge is 0.269 e. The summed E-state index contributed by atoms with van der Waals surface area (Å²) in [5.74, 6) is 0.0586. The maximum atomic E-state index is 12.5. The van der Waals surface area contributed by atoms with Crippen LogP contribution in [-0.2, 0) is 0 Å². The van der Waals surface area contributed by atoms with Crippen LogP contribution in [0.15, 0.2) is 54.6 Å².